The molecule has 1 amide bonds. The Morgan fingerprint density at radius 1 is 0.844 bits per heavy atom. The van der Waals surface area contributed by atoms with E-state index in [9.17, 15) is 13.2 Å². The highest BCUT2D eigenvalue weighted by Crippen LogP contribution is 2.26. The minimum Gasteiger partial charge on any atom is -0.493 e. The third-order valence-corrected chi connectivity index (χ3v) is 9.75. The lowest BCUT2D eigenvalue weighted by atomic mass is 9.95. The topological polar surface area (TPSA) is 88.6 Å². The normalized spacial score (nSPS) is 14.3. The molecule has 0 atom stereocenters. The third-order valence-electron chi connectivity index (χ3n) is 7.95. The summed E-state index contributed by atoms with van der Waals surface area (Å²) < 4.78 is 35.1. The first-order chi connectivity index (χ1) is 21.6. The molecule has 3 aromatic carbocycles. The highest BCUT2D eigenvalue weighted by atomic mass is 32.2. The number of pyridine rings is 1. The summed E-state index contributed by atoms with van der Waals surface area (Å²) in [5.74, 6) is 0.613. The molecule has 4 aromatic rings. The van der Waals surface area contributed by atoms with Crippen LogP contribution in [0, 0.1) is 5.41 Å². The maximum atomic E-state index is 13.9. The van der Waals surface area contributed by atoms with E-state index in [1.165, 1.54) is 23.6 Å². The molecule has 1 N–H and O–H groups in total. The SMILES string of the molecule is CC(C)(C)COc1ccc(S(=O)(=O)N(Cc2ccc(-c3ccc(C(=O)NC4CCCCC4)cc3)cc2)Cc2cccnc2)cc1. The van der Waals surface area contributed by atoms with Crippen LogP contribution in [0.15, 0.2) is 102 Å². The van der Waals surface area contributed by atoms with E-state index in [4.69, 9.17) is 4.74 Å². The quantitative estimate of drug-likeness (QED) is 0.185. The Labute approximate surface area is 267 Å². The van der Waals surface area contributed by atoms with Gasteiger partial charge in [-0.05, 0) is 83.0 Å². The molecule has 0 aliphatic heterocycles. The number of amides is 1. The van der Waals surface area contributed by atoms with Crippen molar-refractivity contribution in [2.45, 2.75) is 76.9 Å². The molecule has 1 aliphatic rings. The van der Waals surface area contributed by atoms with Crippen LogP contribution in [0.1, 0.15) is 74.4 Å². The lowest BCUT2D eigenvalue weighted by Gasteiger charge is -2.23. The van der Waals surface area contributed by atoms with Crippen molar-refractivity contribution in [3.63, 3.8) is 0 Å². The third kappa shape index (κ3) is 9.02. The number of aromatic nitrogens is 1. The zero-order valence-electron chi connectivity index (χ0n) is 26.4. The number of rotatable bonds is 11. The van der Waals surface area contributed by atoms with Gasteiger partial charge in [-0.1, -0.05) is 82.5 Å². The number of sulfonamides is 1. The summed E-state index contributed by atoms with van der Waals surface area (Å²) in [5.41, 5.74) is 4.30. The first-order valence-corrected chi connectivity index (χ1v) is 17.1. The monoisotopic (exact) mass is 625 g/mol. The largest absolute Gasteiger partial charge is 0.493 e. The van der Waals surface area contributed by atoms with Crippen molar-refractivity contribution in [2.75, 3.05) is 6.61 Å². The van der Waals surface area contributed by atoms with Gasteiger partial charge in [0.2, 0.25) is 10.0 Å². The van der Waals surface area contributed by atoms with Gasteiger partial charge in [-0.25, -0.2) is 8.42 Å². The Bertz CT molecular complexity index is 1640. The van der Waals surface area contributed by atoms with E-state index in [1.54, 1.807) is 42.7 Å². The van der Waals surface area contributed by atoms with Gasteiger partial charge < -0.3 is 10.1 Å². The number of hydrogen-bond donors (Lipinski definition) is 1. The zero-order chi connectivity index (χ0) is 31.9. The van der Waals surface area contributed by atoms with Gasteiger partial charge in [-0.2, -0.15) is 4.31 Å². The van der Waals surface area contributed by atoms with Crippen LogP contribution in [0.2, 0.25) is 0 Å². The molecule has 8 heteroatoms. The van der Waals surface area contributed by atoms with Gasteiger partial charge in [0.25, 0.3) is 5.91 Å². The predicted octanol–water partition coefficient (Wildman–Crippen LogP) is 7.63. The molecule has 236 valence electrons. The molecular formula is C37H43N3O4S. The summed E-state index contributed by atoms with van der Waals surface area (Å²) in [7, 11) is -3.83. The molecule has 0 spiro atoms. The van der Waals surface area contributed by atoms with Crippen molar-refractivity contribution >= 4 is 15.9 Å². The summed E-state index contributed by atoms with van der Waals surface area (Å²) >= 11 is 0. The van der Waals surface area contributed by atoms with E-state index < -0.39 is 10.0 Å². The summed E-state index contributed by atoms with van der Waals surface area (Å²) in [5, 5.41) is 3.17. The lowest BCUT2D eigenvalue weighted by molar-refractivity contribution is 0.0927. The Balaban J connectivity index is 1.29. The fourth-order valence-electron chi connectivity index (χ4n) is 5.41. The van der Waals surface area contributed by atoms with Crippen LogP contribution >= 0.6 is 0 Å². The van der Waals surface area contributed by atoms with Gasteiger partial charge >= 0.3 is 0 Å². The number of nitrogens with one attached hydrogen (secondary N) is 1. The van der Waals surface area contributed by atoms with E-state index in [2.05, 4.69) is 31.1 Å². The molecular weight excluding hydrogens is 582 g/mol. The molecule has 0 saturated heterocycles. The first kappa shape index (κ1) is 32.4. The molecule has 1 saturated carbocycles. The second kappa shape index (κ2) is 14.4. The van der Waals surface area contributed by atoms with Crippen molar-refractivity contribution in [3.8, 4) is 16.9 Å². The van der Waals surface area contributed by atoms with Gasteiger partial charge in [-0.3, -0.25) is 9.78 Å². The van der Waals surface area contributed by atoms with Gasteiger partial charge in [0, 0.05) is 37.1 Å². The Hall–Kier alpha value is -4.01. The van der Waals surface area contributed by atoms with Gasteiger partial charge in [0.05, 0.1) is 11.5 Å². The molecule has 45 heavy (non-hydrogen) atoms. The summed E-state index contributed by atoms with van der Waals surface area (Å²) in [6.07, 6.45) is 9.06. The summed E-state index contributed by atoms with van der Waals surface area (Å²) in [6.45, 7) is 7.17. The second-order valence-electron chi connectivity index (χ2n) is 13.0. The minimum atomic E-state index is -3.83. The molecule has 1 fully saturated rings. The number of carbonyl (C=O) groups excluding carboxylic acids is 1. The van der Waals surface area contributed by atoms with Crippen LogP contribution in [0.3, 0.4) is 0 Å². The van der Waals surface area contributed by atoms with Crippen molar-refractivity contribution in [1.29, 1.82) is 0 Å². The number of hydrogen-bond acceptors (Lipinski definition) is 5. The second-order valence-corrected chi connectivity index (χ2v) is 15.0. The van der Waals surface area contributed by atoms with E-state index in [-0.39, 0.29) is 35.3 Å². The standard InChI is InChI=1S/C37H43N3O4S/c1-37(2,3)27-44-34-19-21-35(22-20-34)45(42,43)40(26-29-8-7-23-38-24-29)25-28-11-13-30(14-12-28)31-15-17-32(18-16-31)36(41)39-33-9-5-4-6-10-33/h7-8,11-24,33H,4-6,9-10,25-27H2,1-3H3,(H,39,41). The van der Waals surface area contributed by atoms with Gasteiger partial charge in [0.15, 0.2) is 0 Å². The van der Waals surface area contributed by atoms with Crippen molar-refractivity contribution in [1.82, 2.24) is 14.6 Å². The fraction of sp³-hybridized carbons (Fsp3) is 0.351. The van der Waals surface area contributed by atoms with Crippen LogP contribution in [0.4, 0.5) is 0 Å². The minimum absolute atomic E-state index is 0.00502. The molecule has 5 rings (SSSR count). The molecule has 1 aromatic heterocycles. The molecule has 0 bridgehead atoms. The van der Waals surface area contributed by atoms with E-state index in [0.29, 0.717) is 17.9 Å². The average molecular weight is 626 g/mol. The van der Waals surface area contributed by atoms with Crippen LogP contribution in [-0.2, 0) is 23.1 Å². The maximum absolute atomic E-state index is 13.9. The van der Waals surface area contributed by atoms with E-state index in [0.717, 1.165) is 35.1 Å². The molecule has 7 nitrogen and oxygen atoms in total. The number of carbonyl (C=O) groups is 1. The van der Waals surface area contributed by atoms with Gasteiger partial charge in [-0.15, -0.1) is 0 Å². The Morgan fingerprint density at radius 2 is 1.47 bits per heavy atom. The molecule has 0 radical (unpaired) electrons. The number of ether oxygens (including phenoxy) is 1. The Kier molecular flexibility index (Phi) is 10.4. The van der Waals surface area contributed by atoms with Gasteiger partial charge in [0.1, 0.15) is 5.75 Å². The van der Waals surface area contributed by atoms with Crippen molar-refractivity contribution in [3.05, 3.63) is 114 Å². The molecule has 1 aliphatic carbocycles. The van der Waals surface area contributed by atoms with Crippen LogP contribution in [0.5, 0.6) is 5.75 Å². The smallest absolute Gasteiger partial charge is 0.251 e. The average Bonchev–Trinajstić information content (AvgIpc) is 3.05. The van der Waals surface area contributed by atoms with Crippen LogP contribution in [-0.4, -0.2) is 36.3 Å². The van der Waals surface area contributed by atoms with E-state index >= 15 is 0 Å². The summed E-state index contributed by atoms with van der Waals surface area (Å²) in [4.78, 5) is 17.1. The Morgan fingerprint density at radius 3 is 2.07 bits per heavy atom. The first-order valence-electron chi connectivity index (χ1n) is 15.7. The predicted molar refractivity (Wildman–Crippen MR) is 178 cm³/mol. The van der Waals surface area contributed by atoms with Crippen molar-refractivity contribution in [2.24, 2.45) is 5.41 Å². The number of nitrogens with zero attached hydrogens (tertiary/aromatic N) is 2. The van der Waals surface area contributed by atoms with E-state index in [1.807, 2.05) is 54.6 Å². The molecule has 1 heterocycles. The molecule has 0 unspecified atom stereocenters. The zero-order valence-corrected chi connectivity index (χ0v) is 27.2. The highest BCUT2D eigenvalue weighted by molar-refractivity contribution is 7.89. The van der Waals surface area contributed by atoms with Crippen LogP contribution < -0.4 is 10.1 Å². The lowest BCUT2D eigenvalue weighted by Crippen LogP contribution is -2.36. The highest BCUT2D eigenvalue weighted by Gasteiger charge is 2.25. The summed E-state index contributed by atoms with van der Waals surface area (Å²) in [6, 6.07) is 26.1. The fourth-order valence-corrected chi connectivity index (χ4v) is 6.83. The maximum Gasteiger partial charge on any atom is 0.251 e. The van der Waals surface area contributed by atoms with Crippen LogP contribution in [0.25, 0.3) is 11.1 Å². The van der Waals surface area contributed by atoms with Crippen molar-refractivity contribution < 1.29 is 17.9 Å². The number of benzene rings is 3.